The van der Waals surface area contributed by atoms with Crippen molar-refractivity contribution in [3.05, 3.63) is 24.0 Å². The number of aliphatic hydroxyl groups excluding tert-OH is 2. The Labute approximate surface area is 332 Å². The molecular formula is C34H58Cl2N12O7. The molecule has 2 aromatic rings. The molecule has 21 heteroatoms. The van der Waals surface area contributed by atoms with E-state index >= 15 is 0 Å². The zero-order valence-corrected chi connectivity index (χ0v) is 34.4. The van der Waals surface area contributed by atoms with Crippen LogP contribution >= 0.6 is 23.2 Å². The number of aliphatic hydroxyl groups is 2. The normalized spacial score (nSPS) is 28.1. The first-order valence-corrected chi connectivity index (χ1v) is 19.2. The predicted molar refractivity (Wildman–Crippen MR) is 211 cm³/mol. The fourth-order valence-corrected chi connectivity index (χ4v) is 6.73. The summed E-state index contributed by atoms with van der Waals surface area (Å²) in [5.41, 5.74) is 5.73. The highest BCUT2D eigenvalue weighted by Gasteiger charge is 2.38. The van der Waals surface area contributed by atoms with E-state index in [4.69, 9.17) is 52.6 Å². The summed E-state index contributed by atoms with van der Waals surface area (Å²) in [5.74, 6) is 2.06. The molecule has 0 aliphatic carbocycles. The number of imidazole rings is 2. The van der Waals surface area contributed by atoms with Crippen LogP contribution in [0.15, 0.2) is 27.6 Å². The highest BCUT2D eigenvalue weighted by atomic mass is 35.5. The smallest absolute Gasteiger partial charge is 0.226 e. The average molecular weight is 818 g/mol. The number of ether oxygens (including phenoxy) is 5. The molecule has 7 rings (SSSR count). The molecule has 55 heavy (non-hydrogen) atoms. The summed E-state index contributed by atoms with van der Waals surface area (Å²) in [6.07, 6.45) is 8.07. The Balaban J connectivity index is 0.000000187. The molecule has 3 fully saturated rings. The second-order valence-corrected chi connectivity index (χ2v) is 14.4. The summed E-state index contributed by atoms with van der Waals surface area (Å²) >= 11 is 12.4. The third kappa shape index (κ3) is 12.0. The number of hydrogen-bond acceptors (Lipinski definition) is 16. The maximum absolute atomic E-state index is 10.1. The van der Waals surface area contributed by atoms with E-state index in [9.17, 15) is 10.2 Å². The number of nitrogens with zero attached hydrogens (tertiary/aromatic N) is 9. The van der Waals surface area contributed by atoms with E-state index in [1.807, 2.05) is 61.0 Å². The van der Waals surface area contributed by atoms with Crippen LogP contribution < -0.4 is 16.4 Å². The number of alkyl halides is 2. The number of rotatable bonds is 8. The Morgan fingerprint density at radius 3 is 1.76 bits per heavy atom. The standard InChI is InChI=1S/C14H21ClN6O2.C11H16ClN5O2.C5H13NO2.C4H8O/c1-4-9-8(22)5-10(23-9)21-7-16-11-12(15)18-14(19-13(11)21)17-6-20(2)3;1-2-6-5(18)3-7(19-6)17-4-14-8-9(12)15-11(13)16-10(8)17;1-6(2)5(7-3)8-4;1-2-4-5-3-1/h6-10,12,22H,4-5H2,1-3H3,(H,18,19);4-7,9,18H,2-3H2,1H3,(H3,13,15,16);5H,1-4H3;1-4H2. The lowest BCUT2D eigenvalue weighted by molar-refractivity contribution is -0.179. The van der Waals surface area contributed by atoms with Crippen LogP contribution in [0.25, 0.3) is 0 Å². The van der Waals surface area contributed by atoms with E-state index in [0.29, 0.717) is 41.8 Å². The molecule has 8 unspecified atom stereocenters. The topological polar surface area (TPSA) is 216 Å². The van der Waals surface area contributed by atoms with Crippen molar-refractivity contribution in [3.8, 4) is 0 Å². The monoisotopic (exact) mass is 816 g/mol. The Morgan fingerprint density at radius 1 is 0.891 bits per heavy atom. The molecule has 5 aliphatic rings. The fraction of sp³-hybridized carbons (Fsp3) is 0.735. The van der Waals surface area contributed by atoms with Crippen LogP contribution in [0.3, 0.4) is 0 Å². The zero-order valence-electron chi connectivity index (χ0n) is 32.9. The van der Waals surface area contributed by atoms with Gasteiger partial charge in [0.05, 0.1) is 43.4 Å². The average Bonchev–Trinajstić information content (AvgIpc) is 3.99. The number of nitrogens with two attached hydrogens (primary N) is 1. The summed E-state index contributed by atoms with van der Waals surface area (Å²) in [7, 11) is 10.7. The van der Waals surface area contributed by atoms with Gasteiger partial charge in [0.1, 0.15) is 35.5 Å². The molecule has 0 saturated carbocycles. The van der Waals surface area contributed by atoms with Crippen LogP contribution in [-0.2, 0) is 23.7 Å². The molecule has 0 bridgehead atoms. The minimum atomic E-state index is -0.602. The van der Waals surface area contributed by atoms with E-state index in [1.165, 1.54) is 12.8 Å². The fourth-order valence-electron chi connectivity index (χ4n) is 6.21. The first kappa shape index (κ1) is 44.6. The van der Waals surface area contributed by atoms with Crippen molar-refractivity contribution >= 4 is 53.1 Å². The number of nitrogens with one attached hydrogen (secondary N) is 2. The highest BCUT2D eigenvalue weighted by Crippen LogP contribution is 2.39. The molecule has 0 amide bonds. The lowest BCUT2D eigenvalue weighted by Crippen LogP contribution is -2.30. The Kier molecular flexibility index (Phi) is 17.4. The lowest BCUT2D eigenvalue weighted by atomic mass is 10.1. The van der Waals surface area contributed by atoms with Crippen molar-refractivity contribution in [2.75, 3.05) is 66.3 Å². The molecular weight excluding hydrogens is 759 g/mol. The molecule has 8 atom stereocenters. The number of guanidine groups is 2. The van der Waals surface area contributed by atoms with Gasteiger partial charge in [-0.05, 0) is 39.8 Å². The van der Waals surface area contributed by atoms with Gasteiger partial charge < -0.3 is 55.2 Å². The van der Waals surface area contributed by atoms with Crippen LogP contribution in [0.5, 0.6) is 0 Å². The van der Waals surface area contributed by atoms with Crippen molar-refractivity contribution in [1.82, 2.24) is 28.9 Å². The van der Waals surface area contributed by atoms with Crippen LogP contribution in [0.4, 0.5) is 11.6 Å². The third-order valence-electron chi connectivity index (χ3n) is 8.96. The van der Waals surface area contributed by atoms with Gasteiger partial charge in [0, 0.05) is 54.4 Å². The molecule has 0 aromatic carbocycles. The number of aromatic nitrogens is 4. The molecule has 7 heterocycles. The molecule has 0 spiro atoms. The Morgan fingerprint density at radius 2 is 1.38 bits per heavy atom. The SMILES string of the molecule is C1CCOC1.CCC1OC(n2cnc3c2NC(N)=NC3Cl)CC1O.CCC1OC(n2cnc3c2NC(N=CN(C)C)=NC3Cl)CC1O.COC(OC)N(C)C. The number of methoxy groups -OCH3 is 2. The quantitative estimate of drug-likeness (QED) is 0.0850. The molecule has 3 saturated heterocycles. The van der Waals surface area contributed by atoms with Crippen molar-refractivity contribution in [3.63, 3.8) is 0 Å². The minimum Gasteiger partial charge on any atom is -0.390 e. The lowest BCUT2D eigenvalue weighted by Gasteiger charge is -2.21. The van der Waals surface area contributed by atoms with E-state index in [2.05, 4.69) is 35.6 Å². The molecule has 5 aliphatic heterocycles. The molecule has 19 nitrogen and oxygen atoms in total. The predicted octanol–water partition coefficient (Wildman–Crippen LogP) is 3.39. The maximum atomic E-state index is 10.1. The van der Waals surface area contributed by atoms with Crippen LogP contribution in [0.2, 0.25) is 0 Å². The van der Waals surface area contributed by atoms with Gasteiger partial charge >= 0.3 is 0 Å². The summed E-state index contributed by atoms with van der Waals surface area (Å²) in [6.45, 7) is 5.98. The number of fused-ring (bicyclic) bond motifs is 2. The molecule has 310 valence electrons. The van der Waals surface area contributed by atoms with Crippen LogP contribution in [0, 0.1) is 0 Å². The van der Waals surface area contributed by atoms with Gasteiger partial charge in [0.2, 0.25) is 12.4 Å². The first-order chi connectivity index (χ1) is 26.3. The maximum Gasteiger partial charge on any atom is 0.226 e. The van der Waals surface area contributed by atoms with E-state index < -0.39 is 23.2 Å². The van der Waals surface area contributed by atoms with Gasteiger partial charge in [-0.3, -0.25) is 14.0 Å². The molecule has 2 aromatic heterocycles. The van der Waals surface area contributed by atoms with Gasteiger partial charge in [-0.1, -0.05) is 37.0 Å². The van der Waals surface area contributed by atoms with Crippen molar-refractivity contribution in [2.24, 2.45) is 20.7 Å². The van der Waals surface area contributed by atoms with Crippen molar-refractivity contribution in [1.29, 1.82) is 0 Å². The largest absolute Gasteiger partial charge is 0.390 e. The summed E-state index contributed by atoms with van der Waals surface area (Å²) < 4.78 is 30.1. The first-order valence-electron chi connectivity index (χ1n) is 18.4. The van der Waals surface area contributed by atoms with Gasteiger partial charge in [0.25, 0.3) is 0 Å². The van der Waals surface area contributed by atoms with Gasteiger partial charge in [0.15, 0.2) is 17.0 Å². The number of hydrogen-bond donors (Lipinski definition) is 5. The number of anilines is 2. The van der Waals surface area contributed by atoms with Gasteiger partial charge in [-0.2, -0.15) is 0 Å². The second-order valence-electron chi connectivity index (χ2n) is 13.6. The zero-order chi connectivity index (χ0) is 40.2. The molecule has 0 radical (unpaired) electrons. The van der Waals surface area contributed by atoms with E-state index in [-0.39, 0.29) is 37.0 Å². The third-order valence-corrected chi connectivity index (χ3v) is 9.57. The minimum absolute atomic E-state index is 0.149. The Hall–Kier alpha value is -3.11. The van der Waals surface area contributed by atoms with E-state index in [0.717, 1.165) is 26.1 Å². The number of halogens is 2. The van der Waals surface area contributed by atoms with Crippen LogP contribution in [0.1, 0.15) is 87.2 Å². The number of aliphatic imine (C=N–C) groups is 3. The summed E-state index contributed by atoms with van der Waals surface area (Å²) in [6, 6.07) is 0. The van der Waals surface area contributed by atoms with Crippen molar-refractivity contribution < 1.29 is 33.9 Å². The second kappa shape index (κ2) is 21.4. The van der Waals surface area contributed by atoms with Crippen molar-refractivity contribution in [2.45, 2.75) is 107 Å². The summed E-state index contributed by atoms with van der Waals surface area (Å²) in [4.78, 5) is 24.7. The van der Waals surface area contributed by atoms with Gasteiger partial charge in [-0.15, -0.1) is 0 Å². The highest BCUT2D eigenvalue weighted by molar-refractivity contribution is 6.23. The van der Waals surface area contributed by atoms with Gasteiger partial charge in [-0.25, -0.2) is 24.9 Å². The Bertz CT molecular complexity index is 1560. The molecule has 6 N–H and O–H groups in total. The summed E-state index contributed by atoms with van der Waals surface area (Å²) in [5, 5.41) is 26.0. The van der Waals surface area contributed by atoms with Crippen LogP contribution in [-0.4, -0.2) is 144 Å². The van der Waals surface area contributed by atoms with E-state index in [1.54, 1.807) is 33.2 Å².